The molecule has 1 aliphatic heterocycles. The maximum absolute atomic E-state index is 4.36. The SMILES string of the molecule is CN=C(NCCCN1CCN(c2ncccn2)CC1)NC(C)CCCC(C)C.I. The molecule has 7 nitrogen and oxygen atoms in total. The van der Waals surface area contributed by atoms with Gasteiger partial charge < -0.3 is 15.5 Å². The topological polar surface area (TPSA) is 68.7 Å². The summed E-state index contributed by atoms with van der Waals surface area (Å²) in [5, 5.41) is 6.96. The average Bonchev–Trinajstić information content (AvgIpc) is 2.71. The van der Waals surface area contributed by atoms with Gasteiger partial charge in [0.05, 0.1) is 0 Å². The predicted molar refractivity (Wildman–Crippen MR) is 133 cm³/mol. The quantitative estimate of drug-likeness (QED) is 0.215. The molecule has 1 saturated heterocycles. The van der Waals surface area contributed by atoms with Gasteiger partial charge in [-0.15, -0.1) is 24.0 Å². The monoisotopic (exact) mass is 517 g/mol. The number of aromatic nitrogens is 2. The van der Waals surface area contributed by atoms with Crippen molar-refractivity contribution in [2.75, 3.05) is 51.2 Å². The fraction of sp³-hybridized carbons (Fsp3) is 0.762. The average molecular weight is 518 g/mol. The van der Waals surface area contributed by atoms with Crippen LogP contribution in [0, 0.1) is 5.92 Å². The molecular formula is C21H40IN7. The van der Waals surface area contributed by atoms with E-state index in [1.165, 1.54) is 19.3 Å². The van der Waals surface area contributed by atoms with Crippen LogP contribution in [-0.4, -0.2) is 73.2 Å². The van der Waals surface area contributed by atoms with Crippen LogP contribution >= 0.6 is 24.0 Å². The molecule has 2 rings (SSSR count). The van der Waals surface area contributed by atoms with E-state index < -0.39 is 0 Å². The van der Waals surface area contributed by atoms with Crippen molar-refractivity contribution in [2.45, 2.75) is 52.5 Å². The van der Waals surface area contributed by atoms with E-state index in [9.17, 15) is 0 Å². The Kier molecular flexibility index (Phi) is 13.2. The summed E-state index contributed by atoms with van der Waals surface area (Å²) in [6.07, 6.45) is 8.49. The van der Waals surface area contributed by atoms with Gasteiger partial charge in [-0.05, 0) is 38.3 Å². The number of hydrogen-bond donors (Lipinski definition) is 2. The Balaban J connectivity index is 0.00000420. The van der Waals surface area contributed by atoms with Crippen molar-refractivity contribution in [1.82, 2.24) is 25.5 Å². The van der Waals surface area contributed by atoms with Gasteiger partial charge in [0.1, 0.15) is 0 Å². The van der Waals surface area contributed by atoms with Crippen LogP contribution < -0.4 is 15.5 Å². The second-order valence-electron chi connectivity index (χ2n) is 8.10. The van der Waals surface area contributed by atoms with E-state index >= 15 is 0 Å². The van der Waals surface area contributed by atoms with Gasteiger partial charge in [0.15, 0.2) is 5.96 Å². The third kappa shape index (κ3) is 10.4. The molecule has 1 aromatic rings. The molecule has 1 atom stereocenters. The fourth-order valence-electron chi connectivity index (χ4n) is 3.47. The van der Waals surface area contributed by atoms with Gasteiger partial charge in [-0.25, -0.2) is 9.97 Å². The van der Waals surface area contributed by atoms with Crippen LogP contribution in [0.3, 0.4) is 0 Å². The molecule has 0 aromatic carbocycles. The standard InChI is InChI=1S/C21H39N7.HI/c1-18(2)8-5-9-19(3)26-20(22-4)23-12-7-13-27-14-16-28(17-15-27)21-24-10-6-11-25-21;/h6,10-11,18-19H,5,7-9,12-17H2,1-4H3,(H2,22,23,26);1H. The molecule has 0 amide bonds. The summed E-state index contributed by atoms with van der Waals surface area (Å²) >= 11 is 0. The van der Waals surface area contributed by atoms with E-state index in [0.29, 0.717) is 6.04 Å². The molecule has 2 heterocycles. The molecule has 0 saturated carbocycles. The zero-order valence-electron chi connectivity index (χ0n) is 18.6. The number of anilines is 1. The van der Waals surface area contributed by atoms with Crippen molar-refractivity contribution in [3.05, 3.63) is 18.5 Å². The van der Waals surface area contributed by atoms with Crippen LogP contribution in [0.1, 0.15) is 46.5 Å². The largest absolute Gasteiger partial charge is 0.356 e. The molecular weight excluding hydrogens is 477 g/mol. The minimum absolute atomic E-state index is 0. The summed E-state index contributed by atoms with van der Waals surface area (Å²) in [5.74, 6) is 2.55. The molecule has 8 heteroatoms. The van der Waals surface area contributed by atoms with E-state index in [0.717, 1.165) is 63.5 Å². The van der Waals surface area contributed by atoms with Crippen LogP contribution in [0.2, 0.25) is 0 Å². The van der Waals surface area contributed by atoms with E-state index in [-0.39, 0.29) is 24.0 Å². The van der Waals surface area contributed by atoms with Crippen LogP contribution in [-0.2, 0) is 0 Å². The van der Waals surface area contributed by atoms with E-state index in [1.807, 2.05) is 25.5 Å². The van der Waals surface area contributed by atoms with E-state index in [4.69, 9.17) is 0 Å². The Morgan fingerprint density at radius 3 is 2.38 bits per heavy atom. The second-order valence-corrected chi connectivity index (χ2v) is 8.10. The summed E-state index contributed by atoms with van der Waals surface area (Å²) in [5.41, 5.74) is 0. The van der Waals surface area contributed by atoms with Crippen molar-refractivity contribution in [3.8, 4) is 0 Å². The van der Waals surface area contributed by atoms with Crippen molar-refractivity contribution >= 4 is 35.9 Å². The van der Waals surface area contributed by atoms with E-state index in [1.54, 1.807) is 0 Å². The molecule has 0 radical (unpaired) electrons. The van der Waals surface area contributed by atoms with Crippen LogP contribution in [0.5, 0.6) is 0 Å². The van der Waals surface area contributed by atoms with Gasteiger partial charge in [0.2, 0.25) is 5.95 Å². The molecule has 1 fully saturated rings. The maximum Gasteiger partial charge on any atom is 0.225 e. The van der Waals surface area contributed by atoms with Gasteiger partial charge in [0, 0.05) is 58.2 Å². The Bertz CT molecular complexity index is 559. The Morgan fingerprint density at radius 2 is 1.76 bits per heavy atom. The van der Waals surface area contributed by atoms with Gasteiger partial charge in [-0.3, -0.25) is 9.89 Å². The second kappa shape index (κ2) is 14.8. The number of guanidine groups is 1. The first-order valence-electron chi connectivity index (χ1n) is 10.8. The molecule has 0 aliphatic carbocycles. The highest BCUT2D eigenvalue weighted by atomic mass is 127. The number of nitrogens with zero attached hydrogens (tertiary/aromatic N) is 5. The summed E-state index contributed by atoms with van der Waals surface area (Å²) in [6, 6.07) is 2.32. The maximum atomic E-state index is 4.36. The van der Waals surface area contributed by atoms with Gasteiger partial charge >= 0.3 is 0 Å². The highest BCUT2D eigenvalue weighted by Crippen LogP contribution is 2.10. The molecule has 0 bridgehead atoms. The van der Waals surface area contributed by atoms with Crippen molar-refractivity contribution in [2.24, 2.45) is 10.9 Å². The number of rotatable bonds is 10. The van der Waals surface area contributed by atoms with Crippen LogP contribution in [0.15, 0.2) is 23.5 Å². The zero-order valence-corrected chi connectivity index (χ0v) is 20.9. The Hall–Kier alpha value is -1.16. The summed E-state index contributed by atoms with van der Waals surface area (Å²) < 4.78 is 0. The minimum Gasteiger partial charge on any atom is -0.356 e. The highest BCUT2D eigenvalue weighted by molar-refractivity contribution is 14.0. The van der Waals surface area contributed by atoms with Crippen LogP contribution in [0.25, 0.3) is 0 Å². The summed E-state index contributed by atoms with van der Waals surface area (Å²) in [7, 11) is 1.85. The van der Waals surface area contributed by atoms with Crippen molar-refractivity contribution in [3.63, 3.8) is 0 Å². The molecule has 1 aliphatic rings. The molecule has 0 spiro atoms. The Morgan fingerprint density at radius 1 is 1.07 bits per heavy atom. The first-order valence-corrected chi connectivity index (χ1v) is 10.8. The third-order valence-corrected chi connectivity index (χ3v) is 5.18. The number of hydrogen-bond acceptors (Lipinski definition) is 5. The summed E-state index contributed by atoms with van der Waals surface area (Å²) in [4.78, 5) is 17.8. The molecule has 166 valence electrons. The van der Waals surface area contributed by atoms with Crippen LogP contribution in [0.4, 0.5) is 5.95 Å². The summed E-state index contributed by atoms with van der Waals surface area (Å²) in [6.45, 7) is 13.0. The number of nitrogens with one attached hydrogen (secondary N) is 2. The molecule has 1 unspecified atom stereocenters. The smallest absolute Gasteiger partial charge is 0.225 e. The lowest BCUT2D eigenvalue weighted by atomic mass is 10.0. The number of aliphatic imine (C=N–C) groups is 1. The zero-order chi connectivity index (χ0) is 20.2. The normalized spacial score (nSPS) is 16.4. The molecule has 1 aromatic heterocycles. The minimum atomic E-state index is 0. The van der Waals surface area contributed by atoms with Crippen molar-refractivity contribution < 1.29 is 0 Å². The Labute approximate surface area is 194 Å². The third-order valence-electron chi connectivity index (χ3n) is 5.18. The molecule has 29 heavy (non-hydrogen) atoms. The number of halogens is 1. The lowest BCUT2D eigenvalue weighted by molar-refractivity contribution is 0.254. The van der Waals surface area contributed by atoms with Gasteiger partial charge in [-0.2, -0.15) is 0 Å². The predicted octanol–water partition coefficient (Wildman–Crippen LogP) is 2.99. The van der Waals surface area contributed by atoms with Gasteiger partial charge in [-0.1, -0.05) is 26.7 Å². The highest BCUT2D eigenvalue weighted by Gasteiger charge is 2.18. The first-order chi connectivity index (χ1) is 13.6. The van der Waals surface area contributed by atoms with E-state index in [2.05, 4.69) is 56.2 Å². The first kappa shape index (κ1) is 25.9. The van der Waals surface area contributed by atoms with Gasteiger partial charge in [0.25, 0.3) is 0 Å². The number of piperazine rings is 1. The van der Waals surface area contributed by atoms with Crippen molar-refractivity contribution in [1.29, 1.82) is 0 Å². The lowest BCUT2D eigenvalue weighted by Crippen LogP contribution is -2.48. The fourth-order valence-corrected chi connectivity index (χ4v) is 3.47. The molecule has 2 N–H and O–H groups in total. The lowest BCUT2D eigenvalue weighted by Gasteiger charge is -2.34.